The summed E-state index contributed by atoms with van der Waals surface area (Å²) in [6.45, 7) is 4.72. The van der Waals surface area contributed by atoms with Crippen molar-refractivity contribution in [2.45, 2.75) is 64.6 Å². The van der Waals surface area contributed by atoms with Crippen molar-refractivity contribution in [3.05, 3.63) is 51.3 Å². The van der Waals surface area contributed by atoms with Crippen molar-refractivity contribution < 1.29 is 8.42 Å². The highest BCUT2D eigenvalue weighted by atomic mass is 35.5. The van der Waals surface area contributed by atoms with Gasteiger partial charge in [-0.05, 0) is 62.6 Å². The predicted molar refractivity (Wildman–Crippen MR) is 113 cm³/mol. The minimum Gasteiger partial charge on any atom is -0.306 e. The number of fused-ring (bicyclic) bond motifs is 1. The van der Waals surface area contributed by atoms with Gasteiger partial charge in [0.05, 0.1) is 23.2 Å². The Kier molecular flexibility index (Phi) is 5.55. The molecule has 1 N–H and O–H groups in total. The monoisotopic (exact) mass is 421 g/mol. The van der Waals surface area contributed by atoms with Crippen LogP contribution in [0, 0.1) is 6.92 Å². The van der Waals surface area contributed by atoms with Gasteiger partial charge in [0.2, 0.25) is 0 Å². The van der Waals surface area contributed by atoms with E-state index in [0.29, 0.717) is 18.1 Å². The maximum atomic E-state index is 11.8. The molecule has 4 rings (SSSR count). The number of hydrogen-bond acceptors (Lipinski definition) is 4. The molecule has 152 valence electrons. The highest BCUT2D eigenvalue weighted by Crippen LogP contribution is 2.30. The number of nitrogens with zero attached hydrogens (tertiary/aromatic N) is 2. The van der Waals surface area contributed by atoms with Gasteiger partial charge in [-0.1, -0.05) is 29.8 Å². The molecule has 1 aromatic carbocycles. The molecule has 2 aliphatic rings. The Labute approximate surface area is 172 Å². The summed E-state index contributed by atoms with van der Waals surface area (Å²) < 4.78 is 25.3. The topological polar surface area (TPSA) is 64.0 Å². The second-order valence-corrected chi connectivity index (χ2v) is 10.8. The van der Waals surface area contributed by atoms with E-state index in [2.05, 4.69) is 35.5 Å². The number of halogens is 1. The smallest absolute Gasteiger partial charge is 0.152 e. The number of aromatic nitrogens is 2. The predicted octanol–water partition coefficient (Wildman–Crippen LogP) is 3.93. The van der Waals surface area contributed by atoms with E-state index in [-0.39, 0.29) is 23.6 Å². The standard InChI is InChI=1S/C21H28ClN3O2S/c1-14(17-8-7-16-5-3-4-6-18(16)11-17)23-12-20-15(2)24-25(21(20)22)19-9-10-28(26,27)13-19/h7-8,11,14,19,23H,3-6,9-10,12-13H2,1-2H3/t14-,19+/m0/s1. The molecule has 7 heteroatoms. The van der Waals surface area contributed by atoms with E-state index in [1.807, 2.05) is 6.92 Å². The number of benzene rings is 1. The summed E-state index contributed by atoms with van der Waals surface area (Å²) in [6.07, 6.45) is 5.54. The van der Waals surface area contributed by atoms with E-state index in [0.717, 1.165) is 11.3 Å². The van der Waals surface area contributed by atoms with Crippen LogP contribution in [0.5, 0.6) is 0 Å². The third-order valence-corrected chi connectivity index (χ3v) is 8.31. The number of hydrogen-bond donors (Lipinski definition) is 1. The maximum absolute atomic E-state index is 11.8. The Morgan fingerprint density at radius 3 is 2.75 bits per heavy atom. The first-order valence-corrected chi connectivity index (χ1v) is 12.3. The Morgan fingerprint density at radius 1 is 1.29 bits per heavy atom. The molecule has 2 heterocycles. The van der Waals surface area contributed by atoms with Gasteiger partial charge in [0.15, 0.2) is 9.84 Å². The van der Waals surface area contributed by atoms with Gasteiger partial charge < -0.3 is 5.32 Å². The number of aryl methyl sites for hydroxylation is 3. The highest BCUT2D eigenvalue weighted by molar-refractivity contribution is 7.91. The van der Waals surface area contributed by atoms with Crippen LogP contribution in [0.25, 0.3) is 0 Å². The molecule has 0 saturated carbocycles. The maximum Gasteiger partial charge on any atom is 0.152 e. The summed E-state index contributed by atoms with van der Waals surface area (Å²) >= 11 is 6.59. The van der Waals surface area contributed by atoms with Crippen LogP contribution in [0.4, 0.5) is 0 Å². The minimum absolute atomic E-state index is 0.131. The molecule has 1 aliphatic heterocycles. The van der Waals surface area contributed by atoms with Gasteiger partial charge in [-0.25, -0.2) is 13.1 Å². The molecule has 1 aromatic heterocycles. The molecule has 0 amide bonds. The summed E-state index contributed by atoms with van der Waals surface area (Å²) in [5.74, 6) is 0.349. The average Bonchev–Trinajstić information content (AvgIpc) is 3.18. The van der Waals surface area contributed by atoms with Gasteiger partial charge in [0.25, 0.3) is 0 Å². The van der Waals surface area contributed by atoms with Crippen molar-refractivity contribution in [2.75, 3.05) is 11.5 Å². The molecule has 5 nitrogen and oxygen atoms in total. The van der Waals surface area contributed by atoms with Crippen LogP contribution >= 0.6 is 11.6 Å². The number of sulfone groups is 1. The first-order valence-electron chi connectivity index (χ1n) is 10.1. The molecule has 0 bridgehead atoms. The van der Waals surface area contributed by atoms with Gasteiger partial charge in [-0.15, -0.1) is 0 Å². The zero-order valence-corrected chi connectivity index (χ0v) is 18.1. The van der Waals surface area contributed by atoms with Gasteiger partial charge in [0, 0.05) is 18.2 Å². The van der Waals surface area contributed by atoms with Gasteiger partial charge in [0.1, 0.15) is 5.15 Å². The van der Waals surface area contributed by atoms with Crippen molar-refractivity contribution in [1.29, 1.82) is 0 Å². The first kappa shape index (κ1) is 19.9. The third-order valence-electron chi connectivity index (χ3n) is 6.16. The quantitative estimate of drug-likeness (QED) is 0.794. The molecular formula is C21H28ClN3O2S. The van der Waals surface area contributed by atoms with E-state index in [1.54, 1.807) is 4.68 Å². The molecule has 0 spiro atoms. The first-order chi connectivity index (χ1) is 13.3. The SMILES string of the molecule is Cc1nn([C@@H]2CCS(=O)(=O)C2)c(Cl)c1CN[C@@H](C)c1ccc2c(c1)CCCC2. The lowest BCUT2D eigenvalue weighted by atomic mass is 9.89. The molecule has 2 atom stereocenters. The van der Waals surface area contributed by atoms with E-state index < -0.39 is 9.84 Å². The molecule has 1 saturated heterocycles. The average molecular weight is 422 g/mol. The minimum atomic E-state index is -2.97. The molecule has 2 aromatic rings. The van der Waals surface area contributed by atoms with Crippen LogP contribution in [0.3, 0.4) is 0 Å². The summed E-state index contributed by atoms with van der Waals surface area (Å²) in [5.41, 5.74) is 6.09. The Bertz CT molecular complexity index is 984. The second kappa shape index (κ2) is 7.81. The van der Waals surface area contributed by atoms with Crippen LogP contribution in [-0.4, -0.2) is 29.7 Å². The van der Waals surface area contributed by atoms with Gasteiger partial charge in [-0.3, -0.25) is 0 Å². The highest BCUT2D eigenvalue weighted by Gasteiger charge is 2.32. The lowest BCUT2D eigenvalue weighted by molar-refractivity contribution is 0.497. The fourth-order valence-corrected chi connectivity index (χ4v) is 6.43. The zero-order valence-electron chi connectivity index (χ0n) is 16.5. The molecule has 0 radical (unpaired) electrons. The fourth-order valence-electron chi connectivity index (χ4n) is 4.36. The zero-order chi connectivity index (χ0) is 19.9. The lowest BCUT2D eigenvalue weighted by Gasteiger charge is -2.20. The largest absolute Gasteiger partial charge is 0.306 e. The molecule has 1 aliphatic carbocycles. The molecule has 28 heavy (non-hydrogen) atoms. The molecular weight excluding hydrogens is 394 g/mol. The lowest BCUT2D eigenvalue weighted by Crippen LogP contribution is -2.19. The van der Waals surface area contributed by atoms with Crippen LogP contribution in [-0.2, 0) is 29.2 Å². The Morgan fingerprint density at radius 2 is 2.04 bits per heavy atom. The number of rotatable bonds is 5. The molecule has 1 fully saturated rings. The van der Waals surface area contributed by atoms with E-state index in [9.17, 15) is 8.42 Å². The van der Waals surface area contributed by atoms with Gasteiger partial charge in [-0.2, -0.15) is 5.10 Å². The van der Waals surface area contributed by atoms with E-state index in [1.165, 1.54) is 42.4 Å². The summed E-state index contributed by atoms with van der Waals surface area (Å²) in [7, 11) is -2.97. The van der Waals surface area contributed by atoms with Crippen molar-refractivity contribution >= 4 is 21.4 Å². The Balaban J connectivity index is 1.46. The fraction of sp³-hybridized carbons (Fsp3) is 0.571. The summed E-state index contributed by atoms with van der Waals surface area (Å²) in [6, 6.07) is 6.90. The van der Waals surface area contributed by atoms with Crippen LogP contribution < -0.4 is 5.32 Å². The second-order valence-electron chi connectivity index (χ2n) is 8.19. The van der Waals surface area contributed by atoms with Crippen molar-refractivity contribution in [1.82, 2.24) is 15.1 Å². The Hall–Kier alpha value is -1.37. The van der Waals surface area contributed by atoms with Crippen LogP contribution in [0.2, 0.25) is 5.15 Å². The van der Waals surface area contributed by atoms with E-state index >= 15 is 0 Å². The van der Waals surface area contributed by atoms with Crippen LogP contribution in [0.15, 0.2) is 18.2 Å². The third kappa shape index (κ3) is 4.00. The van der Waals surface area contributed by atoms with Crippen molar-refractivity contribution in [3.8, 4) is 0 Å². The van der Waals surface area contributed by atoms with Gasteiger partial charge >= 0.3 is 0 Å². The van der Waals surface area contributed by atoms with Crippen molar-refractivity contribution in [2.24, 2.45) is 0 Å². The van der Waals surface area contributed by atoms with Crippen LogP contribution in [0.1, 0.15) is 66.2 Å². The van der Waals surface area contributed by atoms with Crippen molar-refractivity contribution in [3.63, 3.8) is 0 Å². The normalized spacial score (nSPS) is 22.2. The number of nitrogens with one attached hydrogen (secondary N) is 1. The molecule has 0 unspecified atom stereocenters. The summed E-state index contributed by atoms with van der Waals surface area (Å²) in [4.78, 5) is 0. The van der Waals surface area contributed by atoms with E-state index in [4.69, 9.17) is 11.6 Å². The summed E-state index contributed by atoms with van der Waals surface area (Å²) in [5, 5.41) is 8.67.